The van der Waals surface area contributed by atoms with Crippen LogP contribution in [-0.2, 0) is 14.4 Å². The van der Waals surface area contributed by atoms with Gasteiger partial charge in [0.15, 0.2) is 17.6 Å². The van der Waals surface area contributed by atoms with Gasteiger partial charge in [0.25, 0.3) is 11.8 Å². The summed E-state index contributed by atoms with van der Waals surface area (Å²) in [6.07, 6.45) is 0.242. The number of benzene rings is 2. The number of aliphatic carboxylic acids is 1. The van der Waals surface area contributed by atoms with Gasteiger partial charge in [0.2, 0.25) is 0 Å². The zero-order valence-corrected chi connectivity index (χ0v) is 17.0. The summed E-state index contributed by atoms with van der Waals surface area (Å²) in [6, 6.07) is 11.7. The van der Waals surface area contributed by atoms with Crippen molar-refractivity contribution in [3.05, 3.63) is 58.6 Å². The molecule has 0 radical (unpaired) electrons. The molecule has 3 rings (SSSR count). The number of hydrogen-bond donors (Lipinski definition) is 2. The van der Waals surface area contributed by atoms with Crippen molar-refractivity contribution in [1.29, 1.82) is 0 Å². The summed E-state index contributed by atoms with van der Waals surface area (Å²) < 4.78 is 10.9. The van der Waals surface area contributed by atoms with Gasteiger partial charge in [-0.3, -0.25) is 15.0 Å². The van der Waals surface area contributed by atoms with E-state index in [4.69, 9.17) is 26.2 Å². The number of carboxylic acid groups (broad SMARTS) is 1. The molecular formula is C21H19ClN2O6. The molecule has 2 N–H and O–H groups in total. The fraction of sp³-hybridized carbons (Fsp3) is 0.190. The minimum Gasteiger partial charge on any atom is -0.490 e. The monoisotopic (exact) mass is 430 g/mol. The van der Waals surface area contributed by atoms with E-state index in [1.54, 1.807) is 37.3 Å². The number of carboxylic acids is 1. The molecule has 0 spiro atoms. The maximum absolute atomic E-state index is 12.7. The second-order valence-corrected chi connectivity index (χ2v) is 6.74. The zero-order valence-electron chi connectivity index (χ0n) is 16.2. The molecule has 30 heavy (non-hydrogen) atoms. The highest BCUT2D eigenvalue weighted by Gasteiger charge is 2.34. The topological polar surface area (TPSA) is 105 Å². The number of para-hydroxylation sites is 1. The maximum atomic E-state index is 12.7. The zero-order chi connectivity index (χ0) is 21.8. The number of ether oxygens (including phenoxy) is 2. The number of amides is 2. The summed E-state index contributed by atoms with van der Waals surface area (Å²) in [6.45, 7) is 3.38. The molecule has 0 aliphatic carbocycles. The number of carbonyl (C=O) groups is 3. The van der Waals surface area contributed by atoms with E-state index in [0.29, 0.717) is 11.3 Å². The van der Waals surface area contributed by atoms with Gasteiger partial charge in [0.1, 0.15) is 5.57 Å². The largest absolute Gasteiger partial charge is 0.490 e. The van der Waals surface area contributed by atoms with Crippen LogP contribution in [0.15, 0.2) is 48.0 Å². The van der Waals surface area contributed by atoms with Crippen LogP contribution in [0.5, 0.6) is 11.5 Å². The third-order valence-corrected chi connectivity index (χ3v) is 4.47. The van der Waals surface area contributed by atoms with Crippen LogP contribution in [0.25, 0.3) is 6.08 Å². The molecule has 2 aromatic carbocycles. The molecule has 2 aromatic rings. The second-order valence-electron chi connectivity index (χ2n) is 6.34. The van der Waals surface area contributed by atoms with Crippen molar-refractivity contribution < 1.29 is 29.0 Å². The molecule has 0 saturated carbocycles. The Morgan fingerprint density at radius 2 is 1.97 bits per heavy atom. The quantitative estimate of drug-likeness (QED) is 0.516. The summed E-state index contributed by atoms with van der Waals surface area (Å²) in [5, 5.41) is 10.3. The minimum atomic E-state index is -1.16. The van der Waals surface area contributed by atoms with E-state index in [-0.39, 0.29) is 28.7 Å². The van der Waals surface area contributed by atoms with Gasteiger partial charge in [-0.25, -0.2) is 9.80 Å². The van der Waals surface area contributed by atoms with Gasteiger partial charge in [0, 0.05) is 0 Å². The Hall–Kier alpha value is -3.52. The maximum Gasteiger partial charge on any atom is 0.344 e. The Morgan fingerprint density at radius 1 is 1.27 bits per heavy atom. The number of halogens is 1. The Morgan fingerprint density at radius 3 is 2.60 bits per heavy atom. The third-order valence-electron chi connectivity index (χ3n) is 4.19. The first-order valence-electron chi connectivity index (χ1n) is 9.09. The van der Waals surface area contributed by atoms with E-state index in [9.17, 15) is 14.4 Å². The van der Waals surface area contributed by atoms with Gasteiger partial charge in [-0.2, -0.15) is 0 Å². The van der Waals surface area contributed by atoms with Crippen LogP contribution in [-0.4, -0.2) is 35.6 Å². The lowest BCUT2D eigenvalue weighted by Crippen LogP contribution is -2.35. The summed E-state index contributed by atoms with van der Waals surface area (Å²) in [7, 11) is 0. The standard InChI is InChI=1S/C21H19ClN2O6/c1-3-29-17-11-13(10-16(22)18(17)30-12(2)21(27)28)9-15-19(25)23-24(20(15)26)14-7-5-4-6-8-14/h4-12H,3H2,1-2H3,(H,23,25)(H,27,28)/b15-9-/t12-/m0/s1. The first kappa shape index (κ1) is 21.2. The molecule has 1 saturated heterocycles. The van der Waals surface area contributed by atoms with Crippen LogP contribution in [0.2, 0.25) is 5.02 Å². The molecule has 2 amide bonds. The minimum absolute atomic E-state index is 0.0729. The highest BCUT2D eigenvalue weighted by molar-refractivity contribution is 6.33. The lowest BCUT2D eigenvalue weighted by Gasteiger charge is -2.16. The van der Waals surface area contributed by atoms with Crippen molar-refractivity contribution in [2.75, 3.05) is 11.6 Å². The summed E-state index contributed by atoms with van der Waals surface area (Å²) in [4.78, 5) is 36.2. The number of hydrazine groups is 1. The van der Waals surface area contributed by atoms with Gasteiger partial charge >= 0.3 is 5.97 Å². The molecule has 9 heteroatoms. The van der Waals surface area contributed by atoms with Gasteiger partial charge < -0.3 is 14.6 Å². The third kappa shape index (κ3) is 4.38. The molecule has 0 aromatic heterocycles. The summed E-state index contributed by atoms with van der Waals surface area (Å²) >= 11 is 6.28. The van der Waals surface area contributed by atoms with Crippen molar-refractivity contribution in [2.24, 2.45) is 0 Å². The van der Waals surface area contributed by atoms with Crippen LogP contribution < -0.4 is 19.9 Å². The van der Waals surface area contributed by atoms with E-state index in [1.165, 1.54) is 25.1 Å². The number of nitrogens with zero attached hydrogens (tertiary/aromatic N) is 1. The smallest absolute Gasteiger partial charge is 0.344 e. The number of nitrogens with one attached hydrogen (secondary N) is 1. The van der Waals surface area contributed by atoms with Crippen LogP contribution in [0, 0.1) is 0 Å². The van der Waals surface area contributed by atoms with Crippen LogP contribution >= 0.6 is 11.6 Å². The molecule has 1 aliphatic heterocycles. The number of rotatable bonds is 7. The molecule has 156 valence electrons. The molecular weight excluding hydrogens is 412 g/mol. The van der Waals surface area contributed by atoms with E-state index >= 15 is 0 Å². The fourth-order valence-electron chi connectivity index (χ4n) is 2.76. The average molecular weight is 431 g/mol. The fourth-order valence-corrected chi connectivity index (χ4v) is 3.02. The first-order valence-corrected chi connectivity index (χ1v) is 9.47. The predicted octanol–water partition coefficient (Wildman–Crippen LogP) is 3.05. The highest BCUT2D eigenvalue weighted by atomic mass is 35.5. The molecule has 1 fully saturated rings. The highest BCUT2D eigenvalue weighted by Crippen LogP contribution is 2.38. The van der Waals surface area contributed by atoms with E-state index in [1.807, 2.05) is 0 Å². The van der Waals surface area contributed by atoms with Gasteiger partial charge in [0.05, 0.1) is 17.3 Å². The summed E-state index contributed by atoms with van der Waals surface area (Å²) in [5.41, 5.74) is 3.39. The van der Waals surface area contributed by atoms with E-state index in [2.05, 4.69) is 5.43 Å². The predicted molar refractivity (Wildman–Crippen MR) is 110 cm³/mol. The Kier molecular flexibility index (Phi) is 6.27. The van der Waals surface area contributed by atoms with E-state index in [0.717, 1.165) is 5.01 Å². The number of anilines is 1. The number of hydrogen-bond acceptors (Lipinski definition) is 5. The lowest BCUT2D eigenvalue weighted by molar-refractivity contribution is -0.144. The van der Waals surface area contributed by atoms with Crippen LogP contribution in [0.3, 0.4) is 0 Å². The van der Waals surface area contributed by atoms with Crippen molar-refractivity contribution in [3.63, 3.8) is 0 Å². The van der Waals surface area contributed by atoms with Crippen molar-refractivity contribution >= 4 is 41.1 Å². The Balaban J connectivity index is 1.95. The first-order chi connectivity index (χ1) is 14.3. The number of carbonyl (C=O) groups excluding carboxylic acids is 2. The Labute approximate surface area is 177 Å². The summed E-state index contributed by atoms with van der Waals surface area (Å²) in [5.74, 6) is -1.95. The van der Waals surface area contributed by atoms with Gasteiger partial charge in [-0.05, 0) is 49.8 Å². The van der Waals surface area contributed by atoms with Crippen molar-refractivity contribution in [2.45, 2.75) is 20.0 Å². The van der Waals surface area contributed by atoms with Crippen molar-refractivity contribution in [3.8, 4) is 11.5 Å². The van der Waals surface area contributed by atoms with E-state index < -0.39 is 23.9 Å². The normalized spacial score (nSPS) is 15.8. The van der Waals surface area contributed by atoms with Crippen LogP contribution in [0.4, 0.5) is 5.69 Å². The average Bonchev–Trinajstić information content (AvgIpc) is 2.99. The van der Waals surface area contributed by atoms with Crippen molar-refractivity contribution in [1.82, 2.24) is 5.43 Å². The second kappa shape index (κ2) is 8.87. The molecule has 1 atom stereocenters. The van der Waals surface area contributed by atoms with Crippen LogP contribution in [0.1, 0.15) is 19.4 Å². The molecule has 1 aliphatic rings. The van der Waals surface area contributed by atoms with Gasteiger partial charge in [-0.15, -0.1) is 0 Å². The molecule has 1 heterocycles. The molecule has 0 unspecified atom stereocenters. The lowest BCUT2D eigenvalue weighted by atomic mass is 10.1. The SMILES string of the molecule is CCOc1cc(/C=C2/C(=O)NN(c3ccccc3)C2=O)cc(Cl)c1O[C@@H](C)C(=O)O. The van der Waals surface area contributed by atoms with Gasteiger partial charge in [-0.1, -0.05) is 29.8 Å². The molecule has 8 nitrogen and oxygen atoms in total. The molecule has 0 bridgehead atoms. The Bertz CT molecular complexity index is 1020.